The summed E-state index contributed by atoms with van der Waals surface area (Å²) in [7, 11) is 0. The van der Waals surface area contributed by atoms with Gasteiger partial charge < -0.3 is 9.42 Å². The van der Waals surface area contributed by atoms with Gasteiger partial charge in [0.2, 0.25) is 17.6 Å². The van der Waals surface area contributed by atoms with E-state index in [0.717, 1.165) is 36.8 Å². The molecule has 2 aliphatic heterocycles. The van der Waals surface area contributed by atoms with Gasteiger partial charge in [-0.25, -0.2) is 0 Å². The van der Waals surface area contributed by atoms with Crippen molar-refractivity contribution in [2.75, 3.05) is 0 Å². The van der Waals surface area contributed by atoms with Crippen molar-refractivity contribution in [3.05, 3.63) is 65.3 Å². The van der Waals surface area contributed by atoms with Crippen molar-refractivity contribution in [3.8, 4) is 11.4 Å². The maximum absolute atomic E-state index is 13.0. The van der Waals surface area contributed by atoms with Crippen LogP contribution in [0, 0.1) is 0 Å². The molecule has 1 unspecified atom stereocenters. The Balaban J connectivity index is 1.30. The Hall–Kier alpha value is -2.73. The van der Waals surface area contributed by atoms with Gasteiger partial charge in [-0.05, 0) is 49.4 Å². The standard InChI is InChI=1S/C22H21ClN4O2/c23-19-6-2-1-4-14(19)12-20(28)27-17-7-8-18(27)11-16(10-17)22-25-21(26-29-22)15-5-3-9-24-13-15/h1-6,9,13,16-18H,7-8,10-12H2/t16?,17-,18+. The van der Waals surface area contributed by atoms with Crippen LogP contribution >= 0.6 is 11.6 Å². The van der Waals surface area contributed by atoms with Gasteiger partial charge in [-0.3, -0.25) is 9.78 Å². The summed E-state index contributed by atoms with van der Waals surface area (Å²) >= 11 is 6.25. The molecule has 6 nitrogen and oxygen atoms in total. The highest BCUT2D eigenvalue weighted by atomic mass is 35.5. The number of benzene rings is 1. The van der Waals surface area contributed by atoms with Crippen LogP contribution in [-0.2, 0) is 11.2 Å². The van der Waals surface area contributed by atoms with Gasteiger partial charge >= 0.3 is 0 Å². The number of rotatable bonds is 4. The molecule has 0 N–H and O–H groups in total. The van der Waals surface area contributed by atoms with Crippen molar-refractivity contribution in [1.82, 2.24) is 20.0 Å². The Morgan fingerprint density at radius 1 is 1.14 bits per heavy atom. The molecule has 29 heavy (non-hydrogen) atoms. The van der Waals surface area contributed by atoms with Crippen LogP contribution in [-0.4, -0.2) is 38.0 Å². The number of amides is 1. The van der Waals surface area contributed by atoms with Crippen LogP contribution in [0.1, 0.15) is 43.1 Å². The molecular weight excluding hydrogens is 388 g/mol. The smallest absolute Gasteiger partial charge is 0.230 e. The minimum Gasteiger partial charge on any atom is -0.339 e. The number of aromatic nitrogens is 3. The minimum atomic E-state index is 0.158. The Morgan fingerprint density at radius 2 is 1.93 bits per heavy atom. The Labute approximate surface area is 173 Å². The van der Waals surface area contributed by atoms with Gasteiger partial charge in [-0.15, -0.1) is 0 Å². The molecule has 2 saturated heterocycles. The molecule has 4 heterocycles. The molecular formula is C22H21ClN4O2. The first kappa shape index (κ1) is 18.3. The average molecular weight is 409 g/mol. The van der Waals surface area contributed by atoms with E-state index in [2.05, 4.69) is 20.0 Å². The highest BCUT2D eigenvalue weighted by Crippen LogP contribution is 2.43. The molecule has 7 heteroatoms. The third kappa shape index (κ3) is 3.53. The second-order valence-corrected chi connectivity index (χ2v) is 8.23. The molecule has 3 aromatic rings. The summed E-state index contributed by atoms with van der Waals surface area (Å²) in [6, 6.07) is 11.8. The van der Waals surface area contributed by atoms with Crippen LogP contribution in [0.15, 0.2) is 53.3 Å². The molecule has 2 bridgehead atoms. The molecule has 5 rings (SSSR count). The molecule has 3 atom stereocenters. The Morgan fingerprint density at radius 3 is 2.66 bits per heavy atom. The van der Waals surface area contributed by atoms with E-state index in [-0.39, 0.29) is 23.9 Å². The van der Waals surface area contributed by atoms with Gasteiger partial charge in [-0.2, -0.15) is 4.98 Å². The van der Waals surface area contributed by atoms with Crippen LogP contribution in [0.4, 0.5) is 0 Å². The second kappa shape index (κ2) is 7.59. The van der Waals surface area contributed by atoms with Crippen molar-refractivity contribution in [2.24, 2.45) is 0 Å². The van der Waals surface area contributed by atoms with Crippen molar-refractivity contribution < 1.29 is 9.32 Å². The van der Waals surface area contributed by atoms with Gasteiger partial charge in [0.25, 0.3) is 0 Å². The fraction of sp³-hybridized carbons (Fsp3) is 0.364. The monoisotopic (exact) mass is 408 g/mol. The van der Waals surface area contributed by atoms with Crippen LogP contribution in [0.3, 0.4) is 0 Å². The number of piperidine rings is 1. The molecule has 0 spiro atoms. The second-order valence-electron chi connectivity index (χ2n) is 7.82. The maximum Gasteiger partial charge on any atom is 0.230 e. The predicted octanol–water partition coefficient (Wildman–Crippen LogP) is 4.26. The van der Waals surface area contributed by atoms with Gasteiger partial charge in [0.1, 0.15) is 0 Å². The molecule has 1 aromatic carbocycles. The lowest BCUT2D eigenvalue weighted by atomic mass is 9.90. The molecule has 1 amide bonds. The van der Waals surface area contributed by atoms with E-state index in [4.69, 9.17) is 16.1 Å². The number of pyridine rings is 1. The van der Waals surface area contributed by atoms with Crippen LogP contribution in [0.5, 0.6) is 0 Å². The summed E-state index contributed by atoms with van der Waals surface area (Å²) in [4.78, 5) is 23.8. The summed E-state index contributed by atoms with van der Waals surface area (Å²) in [5.41, 5.74) is 1.73. The van der Waals surface area contributed by atoms with E-state index in [0.29, 0.717) is 23.2 Å². The zero-order valence-corrected chi connectivity index (χ0v) is 16.6. The summed E-state index contributed by atoms with van der Waals surface area (Å²) < 4.78 is 5.58. The van der Waals surface area contributed by atoms with Crippen LogP contribution in [0.25, 0.3) is 11.4 Å². The number of carbonyl (C=O) groups excluding carboxylic acids is 1. The number of fused-ring (bicyclic) bond motifs is 2. The zero-order chi connectivity index (χ0) is 19.8. The predicted molar refractivity (Wildman–Crippen MR) is 108 cm³/mol. The van der Waals surface area contributed by atoms with E-state index in [9.17, 15) is 4.79 Å². The number of halogens is 1. The van der Waals surface area contributed by atoms with Crippen molar-refractivity contribution in [2.45, 2.75) is 50.1 Å². The fourth-order valence-corrected chi connectivity index (χ4v) is 4.90. The Kier molecular flexibility index (Phi) is 4.79. The maximum atomic E-state index is 13.0. The van der Waals surface area contributed by atoms with Gasteiger partial charge in [0, 0.05) is 41.0 Å². The quantitative estimate of drug-likeness (QED) is 0.644. The first-order valence-electron chi connectivity index (χ1n) is 9.97. The van der Waals surface area contributed by atoms with E-state index < -0.39 is 0 Å². The summed E-state index contributed by atoms with van der Waals surface area (Å²) in [6.45, 7) is 0. The molecule has 0 saturated carbocycles. The van der Waals surface area contributed by atoms with Crippen molar-refractivity contribution >= 4 is 17.5 Å². The third-order valence-corrected chi connectivity index (χ3v) is 6.40. The lowest BCUT2D eigenvalue weighted by molar-refractivity contribution is -0.135. The van der Waals surface area contributed by atoms with Crippen LogP contribution in [0.2, 0.25) is 5.02 Å². The van der Waals surface area contributed by atoms with Gasteiger partial charge in [0.15, 0.2) is 0 Å². The Bertz CT molecular complexity index is 1010. The molecule has 148 valence electrons. The summed E-state index contributed by atoms with van der Waals surface area (Å²) in [5.74, 6) is 1.58. The normalized spacial score (nSPS) is 23.3. The van der Waals surface area contributed by atoms with E-state index in [1.54, 1.807) is 12.4 Å². The van der Waals surface area contributed by atoms with Gasteiger partial charge in [-0.1, -0.05) is 35.0 Å². The lowest BCUT2D eigenvalue weighted by Gasteiger charge is -2.38. The van der Waals surface area contributed by atoms with Gasteiger partial charge in [0.05, 0.1) is 6.42 Å². The average Bonchev–Trinajstić information content (AvgIpc) is 3.33. The molecule has 2 aliphatic rings. The summed E-state index contributed by atoms with van der Waals surface area (Å²) in [5, 5.41) is 4.78. The zero-order valence-electron chi connectivity index (χ0n) is 15.9. The first-order chi connectivity index (χ1) is 14.2. The number of hydrogen-bond donors (Lipinski definition) is 0. The molecule has 0 aliphatic carbocycles. The molecule has 2 aromatic heterocycles. The van der Waals surface area contributed by atoms with Crippen molar-refractivity contribution in [1.29, 1.82) is 0 Å². The highest BCUT2D eigenvalue weighted by Gasteiger charge is 2.44. The lowest BCUT2D eigenvalue weighted by Crippen LogP contribution is -2.46. The number of carbonyl (C=O) groups is 1. The largest absolute Gasteiger partial charge is 0.339 e. The number of nitrogens with zero attached hydrogens (tertiary/aromatic N) is 4. The summed E-state index contributed by atoms with van der Waals surface area (Å²) in [6.07, 6.45) is 7.58. The van der Waals surface area contributed by atoms with Crippen LogP contribution < -0.4 is 0 Å². The molecule has 2 fully saturated rings. The third-order valence-electron chi connectivity index (χ3n) is 6.03. The van der Waals surface area contributed by atoms with E-state index >= 15 is 0 Å². The molecule has 0 radical (unpaired) electrons. The van der Waals surface area contributed by atoms with E-state index in [1.165, 1.54) is 0 Å². The SMILES string of the molecule is O=C(Cc1ccccc1Cl)N1[C@@H]2CC[C@H]1CC(c1nc(-c3cccnc3)no1)C2. The minimum absolute atomic E-state index is 0.158. The highest BCUT2D eigenvalue weighted by molar-refractivity contribution is 6.31. The first-order valence-corrected chi connectivity index (χ1v) is 10.4. The number of hydrogen-bond acceptors (Lipinski definition) is 5. The van der Waals surface area contributed by atoms with Crippen molar-refractivity contribution in [3.63, 3.8) is 0 Å². The topological polar surface area (TPSA) is 72.1 Å². The van der Waals surface area contributed by atoms with E-state index in [1.807, 2.05) is 36.4 Å². The fourth-order valence-electron chi connectivity index (χ4n) is 4.70.